The van der Waals surface area contributed by atoms with Crippen LogP contribution >= 0.6 is 0 Å². The van der Waals surface area contributed by atoms with Crippen LogP contribution in [0, 0.1) is 0 Å². The van der Waals surface area contributed by atoms with E-state index in [0.29, 0.717) is 0 Å². The van der Waals surface area contributed by atoms with Gasteiger partial charge in [-0.2, -0.15) is 0 Å². The van der Waals surface area contributed by atoms with Gasteiger partial charge in [-0.3, -0.25) is 0 Å². The van der Waals surface area contributed by atoms with E-state index in [1.807, 2.05) is 0 Å². The summed E-state index contributed by atoms with van der Waals surface area (Å²) in [5, 5.41) is 0. The molecule has 0 aromatic rings. The molecule has 0 amide bonds. The van der Waals surface area contributed by atoms with Crippen LogP contribution in [0.25, 0.3) is 0 Å². The Morgan fingerprint density at radius 1 is 0.429 bits per heavy atom. The van der Waals surface area contributed by atoms with Crippen LogP contribution < -0.4 is 18.9 Å². The molecular weight excluding hydrogens is 181 g/mol. The zero-order chi connectivity index (χ0) is 0. The Morgan fingerprint density at radius 2 is 0.429 bits per heavy atom. The zero-order valence-electron chi connectivity index (χ0n) is 3.39. The zero-order valence-corrected chi connectivity index (χ0v) is 5.75. The Kier molecular flexibility index (Phi) is 4470. The maximum Gasteiger partial charge on any atom is 2.00 e. The van der Waals surface area contributed by atoms with Gasteiger partial charge in [0.05, 0.1) is 0 Å². The molecule has 0 spiro atoms. The van der Waals surface area contributed by atoms with Gasteiger partial charge in [0.2, 0.25) is 0 Å². The largest absolute Gasteiger partial charge is 2.00 e. The molecule has 0 aliphatic carbocycles. The predicted molar refractivity (Wildman–Crippen MR) is 2.75 cm³/mol. The fourth-order valence-electron chi connectivity index (χ4n) is 0. The quantitative estimate of drug-likeness (QED) is 0.345. The molecule has 4 nitrogen and oxygen atoms in total. The van der Waals surface area contributed by atoms with Gasteiger partial charge in [0.25, 0.3) is 0 Å². The molecule has 7 heteroatoms. The molecule has 0 saturated carbocycles. The van der Waals surface area contributed by atoms with Gasteiger partial charge in [-0.25, -0.2) is 0 Å². The molecule has 0 fully saturated rings. The van der Waals surface area contributed by atoms with Crippen molar-refractivity contribution in [2.45, 2.75) is 0 Å². The monoisotopic (exact) mass is 181 g/mol. The van der Waals surface area contributed by atoms with Gasteiger partial charge in [0.15, 0.2) is 0 Å². The molecule has 0 aromatic carbocycles. The molecular formula is LiMn2O4-3. The molecule has 0 aliphatic rings. The molecule has 0 N–H and O–H groups in total. The van der Waals surface area contributed by atoms with Crippen LogP contribution in [0.1, 0.15) is 0 Å². The summed E-state index contributed by atoms with van der Waals surface area (Å²) in [6.07, 6.45) is 0. The molecule has 0 atom stereocenters. The van der Waals surface area contributed by atoms with E-state index in [9.17, 15) is 0 Å². The molecule has 0 unspecified atom stereocenters. The third kappa shape index (κ3) is 103. The van der Waals surface area contributed by atoms with Gasteiger partial charge in [-0.15, -0.1) is 0 Å². The summed E-state index contributed by atoms with van der Waals surface area (Å²) >= 11 is 0. The first-order chi connectivity index (χ1) is 0. The van der Waals surface area contributed by atoms with Crippen molar-refractivity contribution in [3.05, 3.63) is 0 Å². The van der Waals surface area contributed by atoms with Gasteiger partial charge in [0.1, 0.15) is 0 Å². The van der Waals surface area contributed by atoms with Gasteiger partial charge >= 0.3 is 53.0 Å². The Balaban J connectivity index is 0. The summed E-state index contributed by atoms with van der Waals surface area (Å²) in [5.41, 5.74) is 0. The Labute approximate surface area is 74.8 Å². The molecule has 2 radical (unpaired) electrons. The SMILES string of the molecule is [Li+].[Mn+2].[Mn+2].[O-2].[O-2].[O-2].[O-2]. The minimum Gasteiger partial charge on any atom is -2.00 e. The van der Waals surface area contributed by atoms with E-state index in [-0.39, 0.29) is 74.9 Å². The van der Waals surface area contributed by atoms with Crippen LogP contribution in [0.15, 0.2) is 0 Å². The first kappa shape index (κ1) is 217. The first-order valence-electron chi connectivity index (χ1n) is 0. The van der Waals surface area contributed by atoms with Crippen LogP contribution in [0.2, 0.25) is 0 Å². The average molecular weight is 181 g/mol. The fraction of sp³-hybridized carbons (Fsp3) is 0. The summed E-state index contributed by atoms with van der Waals surface area (Å²) in [6, 6.07) is 0. The topological polar surface area (TPSA) is 114 Å². The van der Waals surface area contributed by atoms with Crippen molar-refractivity contribution in [3.8, 4) is 0 Å². The van der Waals surface area contributed by atoms with E-state index >= 15 is 0 Å². The van der Waals surface area contributed by atoms with Crippen molar-refractivity contribution in [1.82, 2.24) is 0 Å². The molecule has 0 aliphatic heterocycles. The molecule has 0 bridgehead atoms. The second kappa shape index (κ2) is 144. The van der Waals surface area contributed by atoms with Crippen LogP contribution in [-0.2, 0) is 56.0 Å². The minimum atomic E-state index is 0. The molecule has 0 heterocycles. The maximum atomic E-state index is 0. The summed E-state index contributed by atoms with van der Waals surface area (Å²) in [5.74, 6) is 0. The summed E-state index contributed by atoms with van der Waals surface area (Å²) < 4.78 is 0. The van der Waals surface area contributed by atoms with E-state index in [0.717, 1.165) is 0 Å². The minimum absolute atomic E-state index is 0. The smallest absolute Gasteiger partial charge is 2.00 e. The second-order valence-electron chi connectivity index (χ2n) is 0. The Morgan fingerprint density at radius 3 is 0.429 bits per heavy atom. The van der Waals surface area contributed by atoms with Crippen molar-refractivity contribution in [1.29, 1.82) is 0 Å². The van der Waals surface area contributed by atoms with Gasteiger partial charge in [-0.1, -0.05) is 0 Å². The third-order valence-corrected chi connectivity index (χ3v) is 0. The Hall–Kier alpha value is 1.48. The molecule has 7 heavy (non-hydrogen) atoms. The van der Waals surface area contributed by atoms with Gasteiger partial charge in [-0.05, 0) is 0 Å². The van der Waals surface area contributed by atoms with Crippen molar-refractivity contribution in [3.63, 3.8) is 0 Å². The van der Waals surface area contributed by atoms with E-state index in [4.69, 9.17) is 0 Å². The second-order valence-corrected chi connectivity index (χ2v) is 0. The van der Waals surface area contributed by atoms with Crippen molar-refractivity contribution in [2.75, 3.05) is 0 Å². The fourth-order valence-corrected chi connectivity index (χ4v) is 0. The van der Waals surface area contributed by atoms with Crippen LogP contribution in [0.5, 0.6) is 0 Å². The summed E-state index contributed by atoms with van der Waals surface area (Å²) in [4.78, 5) is 0. The standard InChI is InChI=1S/Li.2Mn.4O/q+1;2*+2;4*-2. The average Bonchev–Trinajstić information content (AvgIpc) is 0. The number of rotatable bonds is 0. The number of hydrogen-bond donors (Lipinski definition) is 0. The van der Waals surface area contributed by atoms with Crippen molar-refractivity contribution in [2.24, 2.45) is 0 Å². The van der Waals surface area contributed by atoms with E-state index in [2.05, 4.69) is 0 Å². The van der Waals surface area contributed by atoms with E-state index < -0.39 is 0 Å². The van der Waals surface area contributed by atoms with Gasteiger partial charge < -0.3 is 21.9 Å². The van der Waals surface area contributed by atoms with E-state index in [1.165, 1.54) is 0 Å². The molecule has 0 rings (SSSR count). The normalized spacial score (nSPS) is 0. The van der Waals surface area contributed by atoms with Gasteiger partial charge in [0, 0.05) is 0 Å². The van der Waals surface area contributed by atoms with Crippen molar-refractivity contribution < 1.29 is 74.9 Å². The third-order valence-electron chi connectivity index (χ3n) is 0. The molecule has 0 saturated heterocycles. The van der Waals surface area contributed by atoms with Crippen LogP contribution in [0.4, 0.5) is 0 Å². The Bertz CT molecular complexity index is 9.65. The van der Waals surface area contributed by atoms with Crippen LogP contribution in [0.3, 0.4) is 0 Å². The van der Waals surface area contributed by atoms with Crippen LogP contribution in [-0.4, -0.2) is 0 Å². The summed E-state index contributed by atoms with van der Waals surface area (Å²) in [7, 11) is 0. The molecule has 0 aromatic heterocycles. The maximum absolute atomic E-state index is 0. The summed E-state index contributed by atoms with van der Waals surface area (Å²) in [6.45, 7) is 0. The predicted octanol–water partition coefficient (Wildman–Crippen LogP) is -3.48. The number of hydrogen-bond acceptors (Lipinski definition) is 0. The first-order valence-corrected chi connectivity index (χ1v) is 0. The van der Waals surface area contributed by atoms with Crippen molar-refractivity contribution >= 4 is 0 Å². The molecule has 42 valence electrons. The van der Waals surface area contributed by atoms with E-state index in [1.54, 1.807) is 0 Å².